The number of H-pyrrole nitrogens is 1. The quantitative estimate of drug-likeness (QED) is 0.114. The van der Waals surface area contributed by atoms with Crippen molar-refractivity contribution in [3.63, 3.8) is 0 Å². The molecule has 0 radical (unpaired) electrons. The third kappa shape index (κ3) is 9.78. The molecule has 1 aliphatic rings. The molecular formula is C33H37BBr3F3N6O5. The molecule has 274 valence electrons. The van der Waals surface area contributed by atoms with Crippen molar-refractivity contribution in [3.8, 4) is 0 Å². The summed E-state index contributed by atoms with van der Waals surface area (Å²) in [7, 11) is -0.644. The number of aliphatic hydroxyl groups is 3. The van der Waals surface area contributed by atoms with Crippen molar-refractivity contribution in [2.24, 2.45) is 0 Å². The summed E-state index contributed by atoms with van der Waals surface area (Å²) in [6.45, 7) is 8.69. The van der Waals surface area contributed by atoms with Crippen LogP contribution in [0.2, 0.25) is 0 Å². The first kappa shape index (κ1) is 40.9. The van der Waals surface area contributed by atoms with Crippen molar-refractivity contribution in [2.45, 2.75) is 52.0 Å². The smallest absolute Gasteiger partial charge is 0.399 e. The van der Waals surface area contributed by atoms with Crippen LogP contribution >= 0.6 is 47.8 Å². The highest BCUT2D eigenvalue weighted by Gasteiger charge is 2.52. The van der Waals surface area contributed by atoms with E-state index in [1.54, 1.807) is 28.0 Å². The van der Waals surface area contributed by atoms with Gasteiger partial charge in [-0.2, -0.15) is 15.3 Å². The van der Waals surface area contributed by atoms with Gasteiger partial charge in [0.15, 0.2) is 0 Å². The van der Waals surface area contributed by atoms with Gasteiger partial charge in [-0.1, -0.05) is 15.9 Å². The molecule has 3 aromatic carbocycles. The maximum atomic E-state index is 14.0. The number of nitrogens with zero attached hydrogens (tertiary/aromatic N) is 5. The molecule has 1 saturated heterocycles. The second kappa shape index (κ2) is 17.8. The van der Waals surface area contributed by atoms with Crippen molar-refractivity contribution in [1.82, 2.24) is 29.8 Å². The minimum absolute atomic E-state index is 0.00902. The van der Waals surface area contributed by atoms with Crippen LogP contribution in [0.1, 0.15) is 27.7 Å². The summed E-state index contributed by atoms with van der Waals surface area (Å²) >= 11 is 9.48. The molecule has 3 aromatic heterocycles. The molecule has 4 heterocycles. The lowest BCUT2D eigenvalue weighted by molar-refractivity contribution is 0.00578. The summed E-state index contributed by atoms with van der Waals surface area (Å²) in [6.07, 6.45) is 4.96. The molecule has 4 N–H and O–H groups in total. The van der Waals surface area contributed by atoms with Crippen LogP contribution in [-0.4, -0.2) is 88.5 Å². The molecule has 0 unspecified atom stereocenters. The van der Waals surface area contributed by atoms with Gasteiger partial charge in [-0.3, -0.25) is 14.5 Å². The van der Waals surface area contributed by atoms with Gasteiger partial charge in [0.1, 0.15) is 17.5 Å². The van der Waals surface area contributed by atoms with E-state index in [1.807, 2.05) is 27.7 Å². The van der Waals surface area contributed by atoms with Crippen molar-refractivity contribution in [1.29, 1.82) is 0 Å². The molecule has 0 aliphatic carbocycles. The highest BCUT2D eigenvalue weighted by molar-refractivity contribution is 9.11. The molecule has 0 bridgehead atoms. The molecule has 11 nitrogen and oxygen atoms in total. The number of aliphatic hydroxyl groups excluding tert-OH is 3. The molecule has 0 amide bonds. The van der Waals surface area contributed by atoms with Gasteiger partial charge < -0.3 is 24.6 Å². The first-order chi connectivity index (χ1) is 24.2. The van der Waals surface area contributed by atoms with E-state index < -0.39 is 18.3 Å². The molecule has 0 spiro atoms. The van der Waals surface area contributed by atoms with Crippen molar-refractivity contribution < 1.29 is 37.8 Å². The molecule has 18 heteroatoms. The minimum atomic E-state index is -0.644. The molecule has 1 aliphatic heterocycles. The topological polar surface area (TPSA) is 143 Å². The zero-order valence-electron chi connectivity index (χ0n) is 28.2. The fraction of sp³-hybridized carbons (Fsp3) is 0.364. The number of nitrogens with one attached hydrogen (secondary N) is 1. The molecule has 1 fully saturated rings. The SMILES string of the molecule is CC1(C)OB(c2cc(F)cc3c2cnn3CCO)OC1(C)C.Fc1cc(Br)c2cn[nH]c2c1.OCCBr.OCCn1ncc2c(Br)cc(F)cc21. The van der Waals surface area contributed by atoms with Crippen LogP contribution in [0.3, 0.4) is 0 Å². The first-order valence-corrected chi connectivity index (χ1v) is 18.3. The zero-order chi connectivity index (χ0) is 37.5. The van der Waals surface area contributed by atoms with Crippen LogP contribution in [0.25, 0.3) is 32.7 Å². The Bertz CT molecular complexity index is 2060. The Balaban J connectivity index is 0.000000172. The number of benzene rings is 3. The van der Waals surface area contributed by atoms with Crippen LogP contribution in [0.5, 0.6) is 0 Å². The van der Waals surface area contributed by atoms with E-state index in [0.717, 1.165) is 20.6 Å². The van der Waals surface area contributed by atoms with Crippen LogP contribution in [0.15, 0.2) is 63.9 Å². The van der Waals surface area contributed by atoms with Gasteiger partial charge >= 0.3 is 7.12 Å². The van der Waals surface area contributed by atoms with Gasteiger partial charge in [-0.25, -0.2) is 13.2 Å². The lowest BCUT2D eigenvalue weighted by Crippen LogP contribution is -2.41. The molecular weight excluding hydrogens is 868 g/mol. The number of hydrogen-bond acceptors (Lipinski definition) is 8. The number of aromatic amines is 1. The van der Waals surface area contributed by atoms with Gasteiger partial charge in [-0.05, 0) is 101 Å². The Morgan fingerprint density at radius 2 is 1.18 bits per heavy atom. The summed E-state index contributed by atoms with van der Waals surface area (Å²) in [5.41, 5.74) is 1.66. The molecule has 51 heavy (non-hydrogen) atoms. The van der Waals surface area contributed by atoms with Crippen LogP contribution in [0.4, 0.5) is 13.2 Å². The Morgan fingerprint density at radius 3 is 1.71 bits per heavy atom. The molecule has 6 aromatic rings. The highest BCUT2D eigenvalue weighted by atomic mass is 79.9. The maximum absolute atomic E-state index is 14.0. The van der Waals surface area contributed by atoms with E-state index in [0.29, 0.717) is 44.9 Å². The number of halogens is 6. The lowest BCUT2D eigenvalue weighted by Gasteiger charge is -2.32. The van der Waals surface area contributed by atoms with Gasteiger partial charge in [0.25, 0.3) is 0 Å². The van der Waals surface area contributed by atoms with E-state index in [2.05, 4.69) is 68.2 Å². The second-order valence-corrected chi connectivity index (χ2v) is 14.7. The van der Waals surface area contributed by atoms with Gasteiger partial charge in [0, 0.05) is 30.4 Å². The summed E-state index contributed by atoms with van der Waals surface area (Å²) in [4.78, 5) is 0. The van der Waals surface area contributed by atoms with Crippen molar-refractivity contribution in [3.05, 3.63) is 81.4 Å². The fourth-order valence-corrected chi connectivity index (χ4v) is 6.01. The zero-order valence-corrected chi connectivity index (χ0v) is 32.9. The van der Waals surface area contributed by atoms with E-state index >= 15 is 0 Å². The van der Waals surface area contributed by atoms with Gasteiger partial charge in [0.05, 0.1) is 79.3 Å². The van der Waals surface area contributed by atoms with Crippen LogP contribution < -0.4 is 5.46 Å². The average molecular weight is 905 g/mol. The third-order valence-corrected chi connectivity index (χ3v) is 9.79. The fourth-order valence-electron chi connectivity index (χ4n) is 4.96. The number of fused-ring (bicyclic) bond motifs is 3. The van der Waals surface area contributed by atoms with E-state index in [-0.39, 0.29) is 37.3 Å². The minimum Gasteiger partial charge on any atom is -0.399 e. The molecule has 7 rings (SSSR count). The van der Waals surface area contributed by atoms with E-state index in [1.165, 1.54) is 36.4 Å². The van der Waals surface area contributed by atoms with Gasteiger partial charge in [0.2, 0.25) is 0 Å². The Kier molecular flexibility index (Phi) is 14.3. The largest absolute Gasteiger partial charge is 0.495 e. The summed E-state index contributed by atoms with van der Waals surface area (Å²) in [5, 5.41) is 43.6. The van der Waals surface area contributed by atoms with Crippen molar-refractivity contribution in [2.75, 3.05) is 25.2 Å². The summed E-state index contributed by atoms with van der Waals surface area (Å²) in [6, 6.07) is 8.46. The normalized spacial score (nSPS) is 14.6. The average Bonchev–Trinajstić information content (AvgIpc) is 3.84. The van der Waals surface area contributed by atoms with E-state index in [4.69, 9.17) is 24.6 Å². The Labute approximate surface area is 317 Å². The number of aromatic nitrogens is 6. The van der Waals surface area contributed by atoms with Gasteiger partial charge in [-0.15, -0.1) is 0 Å². The predicted molar refractivity (Wildman–Crippen MR) is 202 cm³/mol. The molecule has 0 atom stereocenters. The summed E-state index contributed by atoms with van der Waals surface area (Å²) in [5.74, 6) is -0.963. The number of alkyl halides is 1. The monoisotopic (exact) mass is 902 g/mol. The number of rotatable bonds is 6. The van der Waals surface area contributed by atoms with Crippen LogP contribution in [-0.2, 0) is 22.4 Å². The highest BCUT2D eigenvalue weighted by Crippen LogP contribution is 2.37. The maximum Gasteiger partial charge on any atom is 0.495 e. The molecule has 0 saturated carbocycles. The van der Waals surface area contributed by atoms with Crippen molar-refractivity contribution >= 4 is 93.1 Å². The van der Waals surface area contributed by atoms with E-state index in [9.17, 15) is 13.2 Å². The Hall–Kier alpha value is -2.84. The Morgan fingerprint density at radius 1 is 0.706 bits per heavy atom. The first-order valence-electron chi connectivity index (χ1n) is 15.6. The predicted octanol–water partition coefficient (Wildman–Crippen LogP) is 6.24. The number of hydrogen-bond donors (Lipinski definition) is 4. The van der Waals surface area contributed by atoms with Crippen LogP contribution in [0, 0.1) is 17.5 Å². The second-order valence-electron chi connectivity index (χ2n) is 12.2. The summed E-state index contributed by atoms with van der Waals surface area (Å²) < 4.78 is 56.3. The standard InChI is InChI=1S/C15H20BFN2O3.C9H8BrFN2O.C7H4BrFN2.C2H5BrO/c1-14(2)15(3,4)22-16(21-14)12-7-10(17)8-13-11(12)9-18-19(13)5-6-20;10-8-3-6(11)4-9-7(8)5-12-13(9)1-2-14;8-6-1-4(9)2-7-5(6)3-10-11-7;3-1-2-4/h7-9,20H,5-6H2,1-4H3;3-5,14H,1-2H2;1-3H,(H,10,11);4H,1-2H2. The lowest BCUT2D eigenvalue weighted by atomic mass is 9.77. The third-order valence-electron chi connectivity index (χ3n) is 8.12.